The van der Waals surface area contributed by atoms with E-state index in [0.717, 1.165) is 43.6 Å². The SMILES string of the molecule is C=C1C(=O)[C@@]23[C@@H]4OC(C)(C)O[C@@]25OC[C@]2(C6=C(CC[C@@H](SCC)O6)CC(C)(C)[C@H]2[C@@H]5O)[C@@H]3CC[C@@H]14. The first-order valence-electron chi connectivity index (χ1n) is 13.4. The third kappa shape index (κ3) is 2.38. The molecule has 0 amide bonds. The third-order valence-corrected chi connectivity index (χ3v) is 11.6. The van der Waals surface area contributed by atoms with Crippen molar-refractivity contribution in [2.45, 2.75) is 95.9 Å². The standard InChI is InChI=1S/C28H38O6S/c1-7-35-18-11-8-15-12-24(3,4)19-21(30)28-27-17(26(19,13-31-28)22(15)32-18)10-9-16(14(2)20(27)29)23(27)33-25(5,6)34-28/h16-19,21,23,30H,2,7-13H2,1,3-6H3/t16-,17-,18+,19+,21-,23+,26-,27-,28+/m0/s1. The van der Waals surface area contributed by atoms with E-state index >= 15 is 0 Å². The van der Waals surface area contributed by atoms with Crippen molar-refractivity contribution in [1.82, 2.24) is 0 Å². The maximum absolute atomic E-state index is 14.3. The van der Waals surface area contributed by atoms with Crippen LogP contribution >= 0.6 is 11.8 Å². The molecule has 3 saturated carbocycles. The Morgan fingerprint density at radius 3 is 2.69 bits per heavy atom. The van der Waals surface area contributed by atoms with Crippen molar-refractivity contribution >= 4 is 17.5 Å². The van der Waals surface area contributed by atoms with Gasteiger partial charge in [-0.25, -0.2) is 0 Å². The van der Waals surface area contributed by atoms with Gasteiger partial charge in [0, 0.05) is 11.8 Å². The van der Waals surface area contributed by atoms with Crippen LogP contribution in [0.4, 0.5) is 0 Å². The molecule has 0 unspecified atom stereocenters. The van der Waals surface area contributed by atoms with Gasteiger partial charge in [-0.15, -0.1) is 11.8 Å². The molecule has 9 atom stereocenters. The molecule has 7 heteroatoms. The molecule has 4 bridgehead atoms. The summed E-state index contributed by atoms with van der Waals surface area (Å²) in [6.45, 7) is 15.1. The molecule has 35 heavy (non-hydrogen) atoms. The Bertz CT molecular complexity index is 1060. The predicted molar refractivity (Wildman–Crippen MR) is 131 cm³/mol. The van der Waals surface area contributed by atoms with Crippen LogP contribution in [0.25, 0.3) is 0 Å². The van der Waals surface area contributed by atoms with E-state index in [0.29, 0.717) is 12.2 Å². The van der Waals surface area contributed by atoms with Crippen molar-refractivity contribution in [2.24, 2.45) is 34.0 Å². The van der Waals surface area contributed by atoms with E-state index in [1.165, 1.54) is 5.57 Å². The topological polar surface area (TPSA) is 74.2 Å². The van der Waals surface area contributed by atoms with Crippen LogP contribution < -0.4 is 0 Å². The molecule has 3 spiro atoms. The molecule has 4 aliphatic carbocycles. The van der Waals surface area contributed by atoms with Crippen molar-refractivity contribution in [3.8, 4) is 0 Å². The van der Waals surface area contributed by atoms with Crippen molar-refractivity contribution in [1.29, 1.82) is 0 Å². The molecule has 0 aromatic carbocycles. The largest absolute Gasteiger partial charge is 0.483 e. The van der Waals surface area contributed by atoms with Crippen molar-refractivity contribution in [3.63, 3.8) is 0 Å². The number of Topliss-reactive ketones (excluding diaryl/α,β-unsaturated/α-hetero) is 1. The number of carbonyl (C=O) groups excluding carboxylic acids is 1. The molecular formula is C28H38O6S. The zero-order valence-electron chi connectivity index (χ0n) is 21.5. The van der Waals surface area contributed by atoms with Crippen LogP contribution in [0, 0.1) is 34.0 Å². The molecule has 3 saturated heterocycles. The van der Waals surface area contributed by atoms with Gasteiger partial charge in [-0.05, 0) is 74.2 Å². The molecule has 0 aromatic heterocycles. The zero-order valence-corrected chi connectivity index (χ0v) is 22.3. The Hall–Kier alpha value is -0.860. The minimum Gasteiger partial charge on any atom is -0.483 e. The minimum atomic E-state index is -1.44. The Balaban J connectivity index is 1.51. The first kappa shape index (κ1) is 23.3. The van der Waals surface area contributed by atoms with Crippen LogP contribution in [0.2, 0.25) is 0 Å². The first-order valence-corrected chi connectivity index (χ1v) is 14.5. The summed E-state index contributed by atoms with van der Waals surface area (Å²) in [6, 6.07) is 0. The molecule has 1 N–H and O–H groups in total. The predicted octanol–water partition coefficient (Wildman–Crippen LogP) is 4.57. The number of ether oxygens (including phenoxy) is 4. The van der Waals surface area contributed by atoms with Gasteiger partial charge in [0.1, 0.15) is 22.7 Å². The average molecular weight is 503 g/mol. The molecule has 0 aromatic rings. The molecule has 8 rings (SSSR count). The summed E-state index contributed by atoms with van der Waals surface area (Å²) in [7, 11) is 0. The Labute approximate surface area is 212 Å². The van der Waals surface area contributed by atoms with Gasteiger partial charge in [-0.2, -0.15) is 0 Å². The molecule has 192 valence electrons. The summed E-state index contributed by atoms with van der Waals surface area (Å²) < 4.78 is 26.9. The molecule has 8 aliphatic rings. The number of allylic oxidation sites excluding steroid dienone is 1. The van der Waals surface area contributed by atoms with E-state index in [4.69, 9.17) is 18.9 Å². The van der Waals surface area contributed by atoms with Gasteiger partial charge in [0.2, 0.25) is 5.79 Å². The summed E-state index contributed by atoms with van der Waals surface area (Å²) in [4.78, 5) is 14.3. The highest BCUT2D eigenvalue weighted by atomic mass is 32.2. The van der Waals surface area contributed by atoms with Gasteiger partial charge in [0.15, 0.2) is 11.6 Å². The van der Waals surface area contributed by atoms with Crippen LogP contribution in [0.15, 0.2) is 23.5 Å². The van der Waals surface area contributed by atoms with E-state index in [-0.39, 0.29) is 34.4 Å². The lowest BCUT2D eigenvalue weighted by Gasteiger charge is -2.77. The van der Waals surface area contributed by atoms with E-state index in [2.05, 4.69) is 27.4 Å². The van der Waals surface area contributed by atoms with Gasteiger partial charge in [-0.1, -0.05) is 27.4 Å². The zero-order chi connectivity index (χ0) is 24.8. The van der Waals surface area contributed by atoms with Gasteiger partial charge in [0.05, 0.1) is 18.1 Å². The minimum absolute atomic E-state index is 0.0251. The summed E-state index contributed by atoms with van der Waals surface area (Å²) in [5, 5.41) is 12.4. The van der Waals surface area contributed by atoms with Crippen LogP contribution in [0.1, 0.15) is 66.7 Å². The van der Waals surface area contributed by atoms with Crippen molar-refractivity contribution < 1.29 is 28.8 Å². The third-order valence-electron chi connectivity index (χ3n) is 10.6. The second-order valence-electron chi connectivity index (χ2n) is 13.1. The smallest absolute Gasteiger partial charge is 0.213 e. The number of fused-ring (bicyclic) bond motifs is 1. The van der Waals surface area contributed by atoms with Crippen LogP contribution in [0.5, 0.6) is 0 Å². The number of hydrogen-bond acceptors (Lipinski definition) is 7. The Morgan fingerprint density at radius 2 is 1.94 bits per heavy atom. The van der Waals surface area contributed by atoms with E-state index in [1.807, 2.05) is 25.6 Å². The highest BCUT2D eigenvalue weighted by Crippen LogP contribution is 2.80. The molecule has 6 fully saturated rings. The maximum Gasteiger partial charge on any atom is 0.213 e. The number of ketones is 1. The van der Waals surface area contributed by atoms with Crippen LogP contribution in [0.3, 0.4) is 0 Å². The maximum atomic E-state index is 14.3. The summed E-state index contributed by atoms with van der Waals surface area (Å²) >= 11 is 1.84. The van der Waals surface area contributed by atoms with Crippen molar-refractivity contribution in [3.05, 3.63) is 23.5 Å². The van der Waals surface area contributed by atoms with E-state index in [1.54, 1.807) is 0 Å². The normalized spacial score (nSPS) is 52.5. The fraction of sp³-hybridized carbons (Fsp3) is 0.821. The fourth-order valence-electron chi connectivity index (χ4n) is 9.95. The van der Waals surface area contributed by atoms with Crippen LogP contribution in [-0.4, -0.2) is 52.5 Å². The second-order valence-corrected chi connectivity index (χ2v) is 14.5. The molecule has 6 nitrogen and oxygen atoms in total. The lowest BCUT2D eigenvalue weighted by molar-refractivity contribution is -0.526. The lowest BCUT2D eigenvalue weighted by atomic mass is 9.36. The van der Waals surface area contributed by atoms with Gasteiger partial charge in [0.25, 0.3) is 0 Å². The highest BCUT2D eigenvalue weighted by Gasteiger charge is 2.90. The molecule has 4 heterocycles. The van der Waals surface area contributed by atoms with E-state index < -0.39 is 34.6 Å². The van der Waals surface area contributed by atoms with E-state index in [9.17, 15) is 9.90 Å². The quantitative estimate of drug-likeness (QED) is 0.555. The monoisotopic (exact) mass is 502 g/mol. The average Bonchev–Trinajstić information content (AvgIpc) is 2.90. The van der Waals surface area contributed by atoms with Crippen molar-refractivity contribution in [2.75, 3.05) is 12.4 Å². The van der Waals surface area contributed by atoms with Gasteiger partial charge >= 0.3 is 0 Å². The Kier molecular flexibility index (Phi) is 4.50. The summed E-state index contributed by atoms with van der Waals surface area (Å²) in [6.07, 6.45) is 3.22. The number of hydrogen-bond donors (Lipinski definition) is 1. The lowest BCUT2D eigenvalue weighted by Crippen LogP contribution is -2.87. The van der Waals surface area contributed by atoms with Gasteiger partial charge < -0.3 is 24.1 Å². The number of thioether (sulfide) groups is 1. The number of rotatable bonds is 2. The molecule has 4 aliphatic heterocycles. The number of carbonyl (C=O) groups is 1. The molecular weight excluding hydrogens is 464 g/mol. The summed E-state index contributed by atoms with van der Waals surface area (Å²) in [5.74, 6) is -0.736. The second kappa shape index (κ2) is 6.76. The highest BCUT2D eigenvalue weighted by molar-refractivity contribution is 7.99. The fourth-order valence-corrected chi connectivity index (χ4v) is 10.8. The Morgan fingerprint density at radius 1 is 1.17 bits per heavy atom. The number of aliphatic hydroxyl groups excluding tert-OH is 1. The first-order chi connectivity index (χ1) is 16.5. The number of aliphatic hydroxyl groups is 1. The van der Waals surface area contributed by atoms with Crippen LogP contribution in [-0.2, 0) is 23.7 Å². The van der Waals surface area contributed by atoms with Gasteiger partial charge in [-0.3, -0.25) is 4.79 Å². The summed E-state index contributed by atoms with van der Waals surface area (Å²) in [5.41, 5.74) is 0.183. The molecule has 0 radical (unpaired) electrons.